The lowest BCUT2D eigenvalue weighted by Crippen LogP contribution is -2.48. The van der Waals surface area contributed by atoms with E-state index in [0.717, 1.165) is 36.7 Å². The molecule has 5 rings (SSSR count). The number of rotatable bonds is 3. The van der Waals surface area contributed by atoms with Crippen LogP contribution in [0.4, 0.5) is 0 Å². The summed E-state index contributed by atoms with van der Waals surface area (Å²) >= 11 is 6.22. The lowest BCUT2D eigenvalue weighted by atomic mass is 9.94. The van der Waals surface area contributed by atoms with Gasteiger partial charge in [0.1, 0.15) is 5.69 Å². The Morgan fingerprint density at radius 1 is 1.32 bits per heavy atom. The number of aromatic nitrogens is 1. The van der Waals surface area contributed by atoms with Gasteiger partial charge in [-0.25, -0.2) is 0 Å². The van der Waals surface area contributed by atoms with Crippen LogP contribution >= 0.6 is 11.6 Å². The molecule has 1 aromatic heterocycles. The van der Waals surface area contributed by atoms with Crippen molar-refractivity contribution in [2.24, 2.45) is 5.92 Å². The third-order valence-corrected chi connectivity index (χ3v) is 5.72. The van der Waals surface area contributed by atoms with Crippen LogP contribution in [0.2, 0.25) is 5.02 Å². The van der Waals surface area contributed by atoms with Crippen molar-refractivity contribution in [2.75, 3.05) is 19.6 Å². The lowest BCUT2D eigenvalue weighted by Gasteiger charge is -2.35. The van der Waals surface area contributed by atoms with Crippen LogP contribution in [0.1, 0.15) is 36.7 Å². The number of hydrogen-bond acceptors (Lipinski definition) is 2. The Morgan fingerprint density at radius 2 is 2.16 bits per heavy atom. The van der Waals surface area contributed by atoms with E-state index < -0.39 is 0 Å². The van der Waals surface area contributed by atoms with Crippen LogP contribution in [0.3, 0.4) is 0 Å². The molecule has 4 heterocycles. The fourth-order valence-corrected chi connectivity index (χ4v) is 4.37. The number of piperidine rings is 1. The van der Waals surface area contributed by atoms with Crippen molar-refractivity contribution in [3.63, 3.8) is 0 Å². The Balaban J connectivity index is 1.62. The number of amides is 2. The summed E-state index contributed by atoms with van der Waals surface area (Å²) in [6, 6.07) is 7.56. The Bertz CT molecular complexity index is 831. The Morgan fingerprint density at radius 3 is 2.92 bits per heavy atom. The van der Waals surface area contributed by atoms with Gasteiger partial charge in [0.05, 0.1) is 5.92 Å². The maximum atomic E-state index is 13.0. The molecule has 3 fully saturated rings. The molecule has 0 aliphatic carbocycles. The molecule has 6 heteroatoms. The summed E-state index contributed by atoms with van der Waals surface area (Å²) in [4.78, 5) is 32.7. The van der Waals surface area contributed by atoms with Crippen LogP contribution in [0.25, 0.3) is 10.9 Å². The molecule has 25 heavy (non-hydrogen) atoms. The highest BCUT2D eigenvalue weighted by molar-refractivity contribution is 6.35. The quantitative estimate of drug-likeness (QED) is 0.914. The maximum absolute atomic E-state index is 13.0. The first-order valence-electron chi connectivity index (χ1n) is 8.95. The van der Waals surface area contributed by atoms with Crippen LogP contribution in [-0.4, -0.2) is 52.3 Å². The highest BCUT2D eigenvalue weighted by atomic mass is 35.5. The fourth-order valence-electron chi connectivity index (χ4n) is 4.14. The minimum atomic E-state index is -0.0674. The lowest BCUT2D eigenvalue weighted by molar-refractivity contribution is -0.139. The van der Waals surface area contributed by atoms with Gasteiger partial charge in [0.25, 0.3) is 5.91 Å². The van der Waals surface area contributed by atoms with Gasteiger partial charge in [0, 0.05) is 41.6 Å². The average molecular weight is 360 g/mol. The summed E-state index contributed by atoms with van der Waals surface area (Å²) in [5.74, 6) is 0.102. The number of nitrogens with one attached hydrogen (secondary N) is 1. The largest absolute Gasteiger partial charge is 0.350 e. The van der Waals surface area contributed by atoms with Gasteiger partial charge in [-0.3, -0.25) is 9.59 Å². The topological polar surface area (TPSA) is 56.4 Å². The summed E-state index contributed by atoms with van der Waals surface area (Å²) in [5, 5.41) is 1.49. The van der Waals surface area contributed by atoms with Gasteiger partial charge in [-0.2, -0.15) is 0 Å². The molecule has 2 bridgehead atoms. The number of carbonyl (C=O) groups is 2. The maximum Gasteiger partial charge on any atom is 0.270 e. The van der Waals surface area contributed by atoms with E-state index in [4.69, 9.17) is 11.6 Å². The van der Waals surface area contributed by atoms with Crippen molar-refractivity contribution in [1.29, 1.82) is 0 Å². The predicted octanol–water partition coefficient (Wildman–Crippen LogP) is 3.29. The first-order chi connectivity index (χ1) is 12.1. The number of nitrogens with zero attached hydrogens (tertiary/aromatic N) is 2. The highest BCUT2D eigenvalue weighted by Gasteiger charge is 2.41. The molecule has 0 spiro atoms. The molecule has 3 aliphatic rings. The standard InChI is InChI=1S/C19H22ClN3O2/c1-2-8-23-13-7-6-12(18(23)24)10-22(11-13)19(25)17-9-14-15(20)4-3-5-16(14)21-17/h3-5,9,12-13,21H,2,6-8,10-11H2,1H3/t12-,13+/m1/s1. The number of hydrogen-bond donors (Lipinski definition) is 1. The van der Waals surface area contributed by atoms with E-state index in [2.05, 4.69) is 11.9 Å². The minimum absolute atomic E-state index is 0.0460. The molecular formula is C19H22ClN3O2. The fraction of sp³-hybridized carbons (Fsp3) is 0.474. The molecule has 1 aromatic carbocycles. The Hall–Kier alpha value is -2.01. The molecule has 5 nitrogen and oxygen atoms in total. The molecule has 0 radical (unpaired) electrons. The Kier molecular flexibility index (Phi) is 4.20. The van der Waals surface area contributed by atoms with E-state index in [-0.39, 0.29) is 23.8 Å². The van der Waals surface area contributed by atoms with E-state index >= 15 is 0 Å². The molecule has 0 saturated carbocycles. The van der Waals surface area contributed by atoms with E-state index in [1.54, 1.807) is 0 Å². The third kappa shape index (κ3) is 2.80. The second kappa shape index (κ2) is 6.37. The number of fused-ring (bicyclic) bond motifs is 5. The first kappa shape index (κ1) is 16.5. The molecule has 3 aliphatic heterocycles. The van der Waals surface area contributed by atoms with Crippen molar-refractivity contribution >= 4 is 34.3 Å². The van der Waals surface area contributed by atoms with Crippen LogP contribution in [0, 0.1) is 5.92 Å². The molecular weight excluding hydrogens is 338 g/mol. The monoisotopic (exact) mass is 359 g/mol. The van der Waals surface area contributed by atoms with Crippen LogP contribution < -0.4 is 0 Å². The summed E-state index contributed by atoms with van der Waals surface area (Å²) in [6.45, 7) is 3.99. The van der Waals surface area contributed by atoms with Crippen molar-refractivity contribution in [2.45, 2.75) is 32.2 Å². The number of H-pyrrole nitrogens is 1. The smallest absolute Gasteiger partial charge is 0.270 e. The van der Waals surface area contributed by atoms with E-state index in [0.29, 0.717) is 23.8 Å². The third-order valence-electron chi connectivity index (χ3n) is 5.39. The van der Waals surface area contributed by atoms with Crippen LogP contribution in [0.5, 0.6) is 0 Å². The number of carbonyl (C=O) groups excluding carboxylic acids is 2. The molecule has 1 N–H and O–H groups in total. The zero-order valence-corrected chi connectivity index (χ0v) is 15.1. The summed E-state index contributed by atoms with van der Waals surface area (Å²) < 4.78 is 0. The first-order valence-corrected chi connectivity index (χ1v) is 9.33. The zero-order valence-electron chi connectivity index (χ0n) is 14.3. The van der Waals surface area contributed by atoms with Crippen molar-refractivity contribution in [1.82, 2.24) is 14.8 Å². The van der Waals surface area contributed by atoms with Crippen molar-refractivity contribution in [3.05, 3.63) is 35.0 Å². The van der Waals surface area contributed by atoms with Crippen molar-refractivity contribution < 1.29 is 9.59 Å². The second-order valence-corrected chi connectivity index (χ2v) is 7.46. The SMILES string of the molecule is CCCN1C(=O)[C@@H]2CC[C@H]1CN(C(=O)c1cc3c(Cl)cccc3[nH]1)C2. The van der Waals surface area contributed by atoms with Gasteiger partial charge in [0.15, 0.2) is 0 Å². The summed E-state index contributed by atoms with van der Waals surface area (Å²) in [6.07, 6.45) is 2.81. The number of halogens is 1. The summed E-state index contributed by atoms with van der Waals surface area (Å²) in [7, 11) is 0. The number of benzene rings is 1. The molecule has 0 unspecified atom stereocenters. The van der Waals surface area contributed by atoms with Crippen molar-refractivity contribution in [3.8, 4) is 0 Å². The van der Waals surface area contributed by atoms with Gasteiger partial charge in [-0.1, -0.05) is 24.6 Å². The molecule has 2 atom stereocenters. The number of aromatic amines is 1. The zero-order chi connectivity index (χ0) is 17.6. The van der Waals surface area contributed by atoms with Gasteiger partial charge in [-0.15, -0.1) is 0 Å². The van der Waals surface area contributed by atoms with Gasteiger partial charge in [0.2, 0.25) is 5.91 Å². The molecule has 2 aromatic rings. The second-order valence-electron chi connectivity index (χ2n) is 7.05. The molecule has 2 amide bonds. The Labute approximate surface area is 151 Å². The molecule has 132 valence electrons. The van der Waals surface area contributed by atoms with E-state index in [1.807, 2.05) is 34.1 Å². The summed E-state index contributed by atoms with van der Waals surface area (Å²) in [5.41, 5.74) is 1.40. The predicted molar refractivity (Wildman–Crippen MR) is 97.7 cm³/mol. The normalized spacial score (nSPS) is 23.4. The van der Waals surface area contributed by atoms with Gasteiger partial charge >= 0.3 is 0 Å². The van der Waals surface area contributed by atoms with Gasteiger partial charge in [-0.05, 0) is 37.5 Å². The minimum Gasteiger partial charge on any atom is -0.350 e. The van der Waals surface area contributed by atoms with Gasteiger partial charge < -0.3 is 14.8 Å². The average Bonchev–Trinajstić information content (AvgIpc) is 2.86. The van der Waals surface area contributed by atoms with E-state index in [1.165, 1.54) is 0 Å². The van der Waals surface area contributed by atoms with Crippen LogP contribution in [-0.2, 0) is 4.79 Å². The van der Waals surface area contributed by atoms with E-state index in [9.17, 15) is 9.59 Å². The highest BCUT2D eigenvalue weighted by Crippen LogP contribution is 2.31. The molecule has 3 saturated heterocycles. The van der Waals surface area contributed by atoms with Crippen LogP contribution in [0.15, 0.2) is 24.3 Å².